The molecule has 1 aromatic carbocycles. The summed E-state index contributed by atoms with van der Waals surface area (Å²) in [7, 11) is 0. The Labute approximate surface area is 129 Å². The van der Waals surface area contributed by atoms with Crippen LogP contribution in [-0.4, -0.2) is 63.1 Å². The summed E-state index contributed by atoms with van der Waals surface area (Å²) in [6.45, 7) is 0. The molecule has 4 N–H and O–H groups in total. The maximum atomic E-state index is 11.9. The third-order valence-corrected chi connectivity index (χ3v) is 3.37. The van der Waals surface area contributed by atoms with Crippen molar-refractivity contribution in [3.8, 4) is 0 Å². The molecule has 8 nitrogen and oxygen atoms in total. The van der Waals surface area contributed by atoms with Crippen LogP contribution < -0.4 is 0 Å². The van der Waals surface area contributed by atoms with Crippen LogP contribution in [0.5, 0.6) is 0 Å². The largest absolute Gasteiger partial charge is 0.479 e. The lowest BCUT2D eigenvalue weighted by molar-refractivity contribution is -0.278. The summed E-state index contributed by atoms with van der Waals surface area (Å²) in [5.74, 6) is -2.47. The summed E-state index contributed by atoms with van der Waals surface area (Å²) in [6.07, 6.45) is -9.04. The first kappa shape index (κ1) is 16.7. The van der Waals surface area contributed by atoms with E-state index in [-0.39, 0.29) is 5.56 Å². The molecule has 120 valence electrons. The van der Waals surface area contributed by atoms with Crippen LogP contribution in [0.15, 0.2) is 24.3 Å². The van der Waals surface area contributed by atoms with Gasteiger partial charge in [-0.3, -0.25) is 0 Å². The molecular weight excluding hydrogens is 320 g/mol. The minimum Gasteiger partial charge on any atom is -0.479 e. The van der Waals surface area contributed by atoms with E-state index in [0.717, 1.165) is 0 Å². The Balaban J connectivity index is 2.12. The molecule has 1 aliphatic heterocycles. The molecule has 0 amide bonds. The summed E-state index contributed by atoms with van der Waals surface area (Å²) >= 11 is 5.68. The molecule has 1 heterocycles. The molecule has 0 radical (unpaired) electrons. The van der Waals surface area contributed by atoms with E-state index >= 15 is 0 Å². The van der Waals surface area contributed by atoms with Crippen LogP contribution in [-0.2, 0) is 14.3 Å². The quantitative estimate of drug-likeness (QED) is 0.539. The highest BCUT2D eigenvalue weighted by molar-refractivity contribution is 6.30. The molecule has 1 saturated heterocycles. The highest BCUT2D eigenvalue weighted by Crippen LogP contribution is 2.23. The van der Waals surface area contributed by atoms with Gasteiger partial charge in [0.15, 0.2) is 6.10 Å². The summed E-state index contributed by atoms with van der Waals surface area (Å²) in [4.78, 5) is 22.8. The van der Waals surface area contributed by atoms with Crippen LogP contribution in [0, 0.1) is 0 Å². The van der Waals surface area contributed by atoms with Crippen molar-refractivity contribution < 1.29 is 39.5 Å². The SMILES string of the molecule is O=C(O[C@@H]1O[C@H](C(=O)O)[C@@H](O)[C@H](O)[C@H]1O)c1ccc(Cl)cc1. The molecule has 1 aliphatic rings. The number of ether oxygens (including phenoxy) is 2. The number of rotatable bonds is 3. The van der Waals surface area contributed by atoms with Crippen molar-refractivity contribution in [1.29, 1.82) is 0 Å². The molecular formula is C13H13ClO8. The molecule has 9 heteroatoms. The number of halogens is 1. The second-order valence-electron chi connectivity index (χ2n) is 4.65. The van der Waals surface area contributed by atoms with E-state index < -0.39 is 42.6 Å². The Morgan fingerprint density at radius 3 is 2.18 bits per heavy atom. The van der Waals surface area contributed by atoms with E-state index in [9.17, 15) is 24.9 Å². The maximum absolute atomic E-state index is 11.9. The van der Waals surface area contributed by atoms with Gasteiger partial charge in [-0.1, -0.05) is 11.6 Å². The van der Waals surface area contributed by atoms with E-state index in [1.807, 2.05) is 0 Å². The minimum atomic E-state index is -1.85. The van der Waals surface area contributed by atoms with Crippen LogP contribution in [0.25, 0.3) is 0 Å². The van der Waals surface area contributed by atoms with Gasteiger partial charge in [0.25, 0.3) is 0 Å². The number of esters is 1. The lowest BCUT2D eigenvalue weighted by Gasteiger charge is -2.37. The Hall–Kier alpha value is -1.71. The first-order chi connectivity index (χ1) is 10.3. The fraction of sp³-hybridized carbons (Fsp3) is 0.385. The third-order valence-electron chi connectivity index (χ3n) is 3.12. The van der Waals surface area contributed by atoms with Crippen molar-refractivity contribution in [3.63, 3.8) is 0 Å². The maximum Gasteiger partial charge on any atom is 0.340 e. The smallest absolute Gasteiger partial charge is 0.340 e. The number of carbonyl (C=O) groups excluding carboxylic acids is 1. The summed E-state index contributed by atoms with van der Waals surface area (Å²) in [5, 5.41) is 38.1. The van der Waals surface area contributed by atoms with Gasteiger partial charge in [0, 0.05) is 5.02 Å². The predicted molar refractivity (Wildman–Crippen MR) is 71.2 cm³/mol. The van der Waals surface area contributed by atoms with Gasteiger partial charge in [-0.2, -0.15) is 0 Å². The molecule has 1 aromatic rings. The normalized spacial score (nSPS) is 31.5. The van der Waals surface area contributed by atoms with Crippen molar-refractivity contribution in [2.75, 3.05) is 0 Å². The van der Waals surface area contributed by atoms with Gasteiger partial charge in [0.1, 0.15) is 18.3 Å². The third kappa shape index (κ3) is 3.37. The molecule has 0 saturated carbocycles. The molecule has 0 unspecified atom stereocenters. The van der Waals surface area contributed by atoms with Crippen molar-refractivity contribution in [2.24, 2.45) is 0 Å². The van der Waals surface area contributed by atoms with Crippen LogP contribution in [0.2, 0.25) is 5.02 Å². The van der Waals surface area contributed by atoms with Gasteiger partial charge in [-0.15, -0.1) is 0 Å². The Morgan fingerprint density at radius 2 is 1.64 bits per heavy atom. The zero-order valence-corrected chi connectivity index (χ0v) is 11.8. The standard InChI is InChI=1S/C13H13ClO8/c14-6-3-1-5(2-4-6)12(20)22-13-9(17)7(15)8(16)10(21-13)11(18)19/h1-4,7-10,13,15-17H,(H,18,19)/t7-,8-,9+,10-,13-/m0/s1. The van der Waals surface area contributed by atoms with Crippen molar-refractivity contribution in [2.45, 2.75) is 30.7 Å². The number of hydrogen-bond acceptors (Lipinski definition) is 7. The first-order valence-corrected chi connectivity index (χ1v) is 6.58. The highest BCUT2D eigenvalue weighted by Gasteiger charge is 2.48. The predicted octanol–water partition coefficient (Wildman–Crippen LogP) is -0.611. The number of aliphatic hydroxyl groups is 3. The fourth-order valence-corrected chi connectivity index (χ4v) is 2.03. The van der Waals surface area contributed by atoms with Gasteiger partial charge in [-0.25, -0.2) is 9.59 Å². The Bertz CT molecular complexity index is 560. The topological polar surface area (TPSA) is 134 Å². The number of carbonyl (C=O) groups is 2. The monoisotopic (exact) mass is 332 g/mol. The average molecular weight is 333 g/mol. The molecule has 0 bridgehead atoms. The van der Waals surface area contributed by atoms with Gasteiger partial charge >= 0.3 is 11.9 Å². The first-order valence-electron chi connectivity index (χ1n) is 6.20. The van der Waals surface area contributed by atoms with E-state index in [0.29, 0.717) is 5.02 Å². The van der Waals surface area contributed by atoms with Crippen LogP contribution >= 0.6 is 11.6 Å². The minimum absolute atomic E-state index is 0.0905. The summed E-state index contributed by atoms with van der Waals surface area (Å²) in [6, 6.07) is 5.60. The number of aliphatic carboxylic acids is 1. The highest BCUT2D eigenvalue weighted by atomic mass is 35.5. The van der Waals surface area contributed by atoms with E-state index in [1.54, 1.807) is 0 Å². The molecule has 0 aliphatic carbocycles. The molecule has 0 spiro atoms. The molecule has 22 heavy (non-hydrogen) atoms. The Kier molecular flexibility index (Phi) is 4.99. The van der Waals surface area contributed by atoms with Crippen LogP contribution in [0.1, 0.15) is 10.4 Å². The molecule has 1 fully saturated rings. The molecule has 0 aromatic heterocycles. The zero-order chi connectivity index (χ0) is 16.4. The lowest BCUT2D eigenvalue weighted by atomic mass is 9.99. The van der Waals surface area contributed by atoms with Crippen LogP contribution in [0.4, 0.5) is 0 Å². The van der Waals surface area contributed by atoms with Gasteiger partial charge < -0.3 is 29.9 Å². The van der Waals surface area contributed by atoms with E-state index in [4.69, 9.17) is 26.2 Å². The van der Waals surface area contributed by atoms with E-state index in [1.165, 1.54) is 24.3 Å². The van der Waals surface area contributed by atoms with Gasteiger partial charge in [0.2, 0.25) is 6.29 Å². The Morgan fingerprint density at radius 1 is 1.05 bits per heavy atom. The summed E-state index contributed by atoms with van der Waals surface area (Å²) in [5.41, 5.74) is 0.0905. The number of benzene rings is 1. The second kappa shape index (κ2) is 6.59. The number of carboxylic acid groups (broad SMARTS) is 1. The van der Waals surface area contributed by atoms with Crippen molar-refractivity contribution in [3.05, 3.63) is 34.9 Å². The number of carboxylic acids is 1. The van der Waals surface area contributed by atoms with Crippen molar-refractivity contribution >= 4 is 23.5 Å². The zero-order valence-electron chi connectivity index (χ0n) is 11.0. The average Bonchev–Trinajstić information content (AvgIpc) is 2.48. The fourth-order valence-electron chi connectivity index (χ4n) is 1.91. The second-order valence-corrected chi connectivity index (χ2v) is 5.08. The summed E-state index contributed by atoms with van der Waals surface area (Å²) < 4.78 is 9.67. The van der Waals surface area contributed by atoms with Crippen LogP contribution in [0.3, 0.4) is 0 Å². The molecule has 2 rings (SSSR count). The van der Waals surface area contributed by atoms with Gasteiger partial charge in [0.05, 0.1) is 5.56 Å². The molecule has 5 atom stereocenters. The number of hydrogen-bond donors (Lipinski definition) is 4. The van der Waals surface area contributed by atoms with Crippen molar-refractivity contribution in [1.82, 2.24) is 0 Å². The lowest BCUT2D eigenvalue weighted by Crippen LogP contribution is -2.60. The van der Waals surface area contributed by atoms with E-state index in [2.05, 4.69) is 0 Å². The number of aliphatic hydroxyl groups excluding tert-OH is 3. The van der Waals surface area contributed by atoms with Gasteiger partial charge in [-0.05, 0) is 24.3 Å².